The highest BCUT2D eigenvalue weighted by molar-refractivity contribution is 5.88. The summed E-state index contributed by atoms with van der Waals surface area (Å²) in [4.78, 5) is 32.2. The van der Waals surface area contributed by atoms with Gasteiger partial charge >= 0.3 is 12.2 Å². The third-order valence-electron chi connectivity index (χ3n) is 2.39. The molecule has 0 aliphatic carbocycles. The Hall–Kier alpha value is -2.05. The lowest BCUT2D eigenvalue weighted by Crippen LogP contribution is -2.44. The first-order valence-electron chi connectivity index (χ1n) is 7.19. The first-order valence-corrected chi connectivity index (χ1v) is 7.19. The molecule has 0 radical (unpaired) electrons. The Labute approximate surface area is 131 Å². The van der Waals surface area contributed by atoms with Crippen LogP contribution in [0.5, 0.6) is 0 Å². The average molecular weight is 311 g/mol. The van der Waals surface area contributed by atoms with Crippen LogP contribution >= 0.6 is 0 Å². The summed E-state index contributed by atoms with van der Waals surface area (Å²) < 4.78 is 10.5. The normalized spacial score (nSPS) is 11.9. The van der Waals surface area contributed by atoms with E-state index in [0.29, 0.717) is 6.42 Å². The fourth-order valence-corrected chi connectivity index (χ4v) is 1.54. The molecule has 1 aromatic heterocycles. The SMILES string of the molecule is CC(C)(C)OC(=O)N(CCc1cnc[nH]1)C(=O)OC(C)(C)C. The number of nitrogens with zero attached hydrogens (tertiary/aromatic N) is 2. The lowest BCUT2D eigenvalue weighted by atomic mass is 10.2. The van der Waals surface area contributed by atoms with Gasteiger partial charge in [-0.2, -0.15) is 0 Å². The van der Waals surface area contributed by atoms with Crippen molar-refractivity contribution in [1.29, 1.82) is 0 Å². The molecule has 0 spiro atoms. The fraction of sp³-hybridized carbons (Fsp3) is 0.667. The van der Waals surface area contributed by atoms with Gasteiger partial charge < -0.3 is 14.5 Å². The third kappa shape index (κ3) is 6.60. The lowest BCUT2D eigenvalue weighted by Gasteiger charge is -2.28. The van der Waals surface area contributed by atoms with Gasteiger partial charge in [0.2, 0.25) is 0 Å². The van der Waals surface area contributed by atoms with E-state index in [-0.39, 0.29) is 6.54 Å². The van der Waals surface area contributed by atoms with E-state index >= 15 is 0 Å². The van der Waals surface area contributed by atoms with Crippen LogP contribution < -0.4 is 0 Å². The second kappa shape index (κ2) is 6.81. The van der Waals surface area contributed by atoms with E-state index in [2.05, 4.69) is 9.97 Å². The number of nitrogens with one attached hydrogen (secondary N) is 1. The van der Waals surface area contributed by atoms with Crippen molar-refractivity contribution in [3.05, 3.63) is 18.2 Å². The number of ether oxygens (including phenoxy) is 2. The van der Waals surface area contributed by atoms with E-state index in [0.717, 1.165) is 10.6 Å². The molecule has 0 atom stereocenters. The van der Waals surface area contributed by atoms with Gasteiger partial charge in [0.15, 0.2) is 0 Å². The van der Waals surface area contributed by atoms with E-state index in [4.69, 9.17) is 9.47 Å². The molecule has 22 heavy (non-hydrogen) atoms. The van der Waals surface area contributed by atoms with Crippen LogP contribution in [0.4, 0.5) is 9.59 Å². The van der Waals surface area contributed by atoms with Crippen LogP contribution in [-0.4, -0.2) is 44.8 Å². The fourth-order valence-electron chi connectivity index (χ4n) is 1.54. The van der Waals surface area contributed by atoms with Gasteiger partial charge in [-0.15, -0.1) is 0 Å². The van der Waals surface area contributed by atoms with Crippen LogP contribution in [0.25, 0.3) is 0 Å². The van der Waals surface area contributed by atoms with Gasteiger partial charge in [0, 0.05) is 24.9 Å². The topological polar surface area (TPSA) is 84.5 Å². The number of aromatic amines is 1. The molecule has 1 aromatic rings. The van der Waals surface area contributed by atoms with Crippen LogP contribution in [0.3, 0.4) is 0 Å². The number of carbonyl (C=O) groups excluding carboxylic acids is 2. The monoisotopic (exact) mass is 311 g/mol. The quantitative estimate of drug-likeness (QED) is 0.927. The van der Waals surface area contributed by atoms with E-state index in [1.165, 1.54) is 0 Å². The highest BCUT2D eigenvalue weighted by Crippen LogP contribution is 2.15. The van der Waals surface area contributed by atoms with Crippen molar-refractivity contribution in [2.75, 3.05) is 6.54 Å². The number of rotatable bonds is 3. The molecule has 0 fully saturated rings. The standard InChI is InChI=1S/C15H25N3O4/c1-14(2,3)21-12(19)18(13(20)22-15(4,5)6)8-7-11-9-16-10-17-11/h9-10H,7-8H2,1-6H3,(H,16,17). The van der Waals surface area contributed by atoms with Gasteiger partial charge in [-0.1, -0.05) is 0 Å². The first-order chi connectivity index (χ1) is 9.98. The smallest absolute Gasteiger partial charge is 0.419 e. The summed E-state index contributed by atoms with van der Waals surface area (Å²) in [6.45, 7) is 10.6. The molecule has 1 heterocycles. The van der Waals surface area contributed by atoms with Crippen molar-refractivity contribution in [1.82, 2.24) is 14.9 Å². The molecular weight excluding hydrogens is 286 g/mol. The Morgan fingerprint density at radius 3 is 1.95 bits per heavy atom. The zero-order valence-electron chi connectivity index (χ0n) is 14.1. The van der Waals surface area contributed by atoms with Crippen molar-refractivity contribution in [3.8, 4) is 0 Å². The summed E-state index contributed by atoms with van der Waals surface area (Å²) in [6, 6.07) is 0. The van der Waals surface area contributed by atoms with Gasteiger partial charge in [0.25, 0.3) is 0 Å². The second-order valence-corrected chi connectivity index (χ2v) is 6.94. The molecular formula is C15H25N3O4. The molecule has 0 aromatic carbocycles. The first kappa shape index (κ1) is 18.0. The Morgan fingerprint density at radius 2 is 1.59 bits per heavy atom. The van der Waals surface area contributed by atoms with Gasteiger partial charge in [0.1, 0.15) is 11.2 Å². The molecule has 0 saturated carbocycles. The summed E-state index contributed by atoms with van der Waals surface area (Å²) in [7, 11) is 0. The second-order valence-electron chi connectivity index (χ2n) is 6.94. The number of imidazole rings is 1. The van der Waals surface area contributed by atoms with Crippen molar-refractivity contribution in [2.24, 2.45) is 0 Å². The third-order valence-corrected chi connectivity index (χ3v) is 2.39. The van der Waals surface area contributed by atoms with Crippen LogP contribution in [-0.2, 0) is 15.9 Å². The van der Waals surface area contributed by atoms with Crippen molar-refractivity contribution in [3.63, 3.8) is 0 Å². The maximum Gasteiger partial charge on any atom is 0.419 e. The molecule has 7 nitrogen and oxygen atoms in total. The van der Waals surface area contributed by atoms with Crippen molar-refractivity contribution >= 4 is 12.2 Å². The maximum atomic E-state index is 12.2. The Kier molecular flexibility index (Phi) is 5.57. The van der Waals surface area contributed by atoms with Crippen molar-refractivity contribution < 1.29 is 19.1 Å². The number of imide groups is 1. The van der Waals surface area contributed by atoms with E-state index in [9.17, 15) is 9.59 Å². The van der Waals surface area contributed by atoms with Gasteiger partial charge in [-0.25, -0.2) is 19.5 Å². The molecule has 0 saturated heterocycles. The van der Waals surface area contributed by atoms with Crippen molar-refractivity contribution in [2.45, 2.75) is 59.2 Å². The maximum absolute atomic E-state index is 12.2. The minimum absolute atomic E-state index is 0.145. The van der Waals surface area contributed by atoms with Crippen LogP contribution in [0.15, 0.2) is 12.5 Å². The summed E-state index contributed by atoms with van der Waals surface area (Å²) in [5, 5.41) is 0. The zero-order valence-corrected chi connectivity index (χ0v) is 14.1. The van der Waals surface area contributed by atoms with Crippen LogP contribution in [0.2, 0.25) is 0 Å². The molecule has 0 aliphatic rings. The minimum Gasteiger partial charge on any atom is -0.443 e. The van der Waals surface area contributed by atoms with Crippen LogP contribution in [0, 0.1) is 0 Å². The van der Waals surface area contributed by atoms with E-state index in [1.807, 2.05) is 0 Å². The highest BCUT2D eigenvalue weighted by atomic mass is 16.6. The zero-order chi connectivity index (χ0) is 17.0. The molecule has 0 bridgehead atoms. The van der Waals surface area contributed by atoms with E-state index in [1.54, 1.807) is 54.1 Å². The number of carbonyl (C=O) groups is 2. The van der Waals surface area contributed by atoms with Gasteiger partial charge in [-0.05, 0) is 41.5 Å². The van der Waals surface area contributed by atoms with Gasteiger partial charge in [0.05, 0.1) is 6.33 Å². The summed E-state index contributed by atoms with van der Waals surface area (Å²) in [5.41, 5.74) is -0.562. The number of H-pyrrole nitrogens is 1. The summed E-state index contributed by atoms with van der Waals surface area (Å²) >= 11 is 0. The van der Waals surface area contributed by atoms with Gasteiger partial charge in [-0.3, -0.25) is 0 Å². The molecule has 0 unspecified atom stereocenters. The molecule has 0 aliphatic heterocycles. The van der Waals surface area contributed by atoms with Crippen LogP contribution in [0.1, 0.15) is 47.2 Å². The predicted octanol–water partition coefficient (Wildman–Crippen LogP) is 3.12. The number of hydrogen-bond acceptors (Lipinski definition) is 5. The molecule has 2 amide bonds. The molecule has 7 heteroatoms. The largest absolute Gasteiger partial charge is 0.443 e. The Balaban J connectivity index is 2.79. The molecule has 124 valence electrons. The molecule has 1 N–H and O–H groups in total. The highest BCUT2D eigenvalue weighted by Gasteiger charge is 2.30. The summed E-state index contributed by atoms with van der Waals surface area (Å²) in [6.07, 6.45) is 2.18. The number of hydrogen-bond donors (Lipinski definition) is 1. The number of aromatic nitrogens is 2. The minimum atomic E-state index is -0.721. The lowest BCUT2D eigenvalue weighted by molar-refractivity contribution is 0.00168. The Bertz CT molecular complexity index is 470. The summed E-state index contributed by atoms with van der Waals surface area (Å²) in [5.74, 6) is 0. The number of amides is 2. The Morgan fingerprint density at radius 1 is 1.09 bits per heavy atom. The predicted molar refractivity (Wildman–Crippen MR) is 81.5 cm³/mol. The van der Waals surface area contributed by atoms with E-state index < -0.39 is 23.4 Å². The average Bonchev–Trinajstić information content (AvgIpc) is 2.76. The molecule has 1 rings (SSSR count).